The topological polar surface area (TPSA) is 186 Å². The second kappa shape index (κ2) is 12.0. The molecule has 0 atom stereocenters. The first-order chi connectivity index (χ1) is 18.0. The van der Waals surface area contributed by atoms with E-state index < -0.39 is 16.9 Å². The maximum Gasteiger partial charge on any atom is 0.332 e. The summed E-state index contributed by atoms with van der Waals surface area (Å²) in [4.78, 5) is 62.9. The molecule has 0 aliphatic carbocycles. The zero-order valence-corrected chi connectivity index (χ0v) is 20.8. The van der Waals surface area contributed by atoms with Gasteiger partial charge in [-0.15, -0.1) is 0 Å². The summed E-state index contributed by atoms with van der Waals surface area (Å²) < 4.78 is 4.29. The number of aromatic nitrogens is 4. The van der Waals surface area contributed by atoms with Crippen LogP contribution < -0.4 is 16.1 Å². The molecular formula is C23H27N7O8. The minimum absolute atomic E-state index is 0.0913. The average molecular weight is 530 g/mol. The lowest BCUT2D eigenvalue weighted by Crippen LogP contribution is -2.47. The molecule has 2 aromatic heterocycles. The largest absolute Gasteiger partial charge is 0.478 e. The van der Waals surface area contributed by atoms with Crippen molar-refractivity contribution in [2.45, 2.75) is 6.54 Å². The molecule has 3 heterocycles. The molecule has 0 spiro atoms. The molecule has 4 rings (SSSR count). The Bertz CT molecular complexity index is 1460. The van der Waals surface area contributed by atoms with Crippen LogP contribution in [0.3, 0.4) is 0 Å². The molecule has 0 unspecified atom stereocenters. The minimum atomic E-state index is -1.26. The third-order valence-corrected chi connectivity index (χ3v) is 6.04. The van der Waals surface area contributed by atoms with Gasteiger partial charge in [-0.1, -0.05) is 0 Å². The summed E-state index contributed by atoms with van der Waals surface area (Å²) in [7, 11) is 3.08. The number of nitrogens with zero attached hydrogens (tertiary/aromatic N) is 7. The molecule has 1 aromatic carbocycles. The molecule has 0 saturated carbocycles. The van der Waals surface area contributed by atoms with Crippen LogP contribution in [0.5, 0.6) is 0 Å². The standard InChI is InChI=1S/C19H23N7O4.C4H4O4/c1-21-17-16(18(27)22(2)19(21)28)25(13-20-17)12-9-23-7-10-24(11-8-23)14-3-5-15(6-4-14)26(29)30;5-3(6)1-2-4(7)8/h3-6,13H,7-12H2,1-2H3;1-2H,(H,5,6)(H,7,8)/b;2-1+. The molecule has 15 heteroatoms. The van der Waals surface area contributed by atoms with Crippen molar-refractivity contribution in [3.05, 3.63) is 73.7 Å². The van der Waals surface area contributed by atoms with Crippen molar-refractivity contribution in [2.75, 3.05) is 37.6 Å². The molecule has 1 aliphatic heterocycles. The maximum absolute atomic E-state index is 12.5. The molecular weight excluding hydrogens is 502 g/mol. The lowest BCUT2D eigenvalue weighted by molar-refractivity contribution is -0.384. The van der Waals surface area contributed by atoms with Crippen molar-refractivity contribution in [2.24, 2.45) is 14.1 Å². The number of fused-ring (bicyclic) bond motifs is 1. The van der Waals surface area contributed by atoms with Gasteiger partial charge in [0.15, 0.2) is 11.2 Å². The second-order valence-electron chi connectivity index (χ2n) is 8.43. The fraction of sp³-hybridized carbons (Fsp3) is 0.348. The SMILES string of the molecule is Cn1c(=O)c2c(ncn2CCN2CCN(c3ccc([N+](=O)[O-])cc3)CC2)n(C)c1=O.O=C(O)/C=C/C(=O)O. The summed E-state index contributed by atoms with van der Waals surface area (Å²) in [6, 6.07) is 6.62. The number of rotatable bonds is 7. The van der Waals surface area contributed by atoms with Crippen molar-refractivity contribution in [1.29, 1.82) is 0 Å². The van der Waals surface area contributed by atoms with Crippen molar-refractivity contribution >= 4 is 34.5 Å². The number of nitro groups is 1. The Morgan fingerprint density at radius 1 is 0.974 bits per heavy atom. The third-order valence-electron chi connectivity index (χ3n) is 6.04. The van der Waals surface area contributed by atoms with E-state index in [0.29, 0.717) is 29.9 Å². The lowest BCUT2D eigenvalue weighted by atomic mass is 10.2. The van der Waals surface area contributed by atoms with Gasteiger partial charge in [0, 0.05) is 83.3 Å². The molecule has 15 nitrogen and oxygen atoms in total. The number of carbonyl (C=O) groups is 2. The average Bonchev–Trinajstić information content (AvgIpc) is 3.33. The Kier molecular flexibility index (Phi) is 8.75. The number of nitro benzene ring substituents is 1. The maximum atomic E-state index is 12.5. The Hall–Kier alpha value is -4.79. The lowest BCUT2D eigenvalue weighted by Gasteiger charge is -2.36. The smallest absolute Gasteiger partial charge is 0.332 e. The number of aliphatic carboxylic acids is 2. The van der Waals surface area contributed by atoms with Crippen molar-refractivity contribution in [1.82, 2.24) is 23.6 Å². The molecule has 3 aromatic rings. The van der Waals surface area contributed by atoms with Gasteiger partial charge < -0.3 is 19.7 Å². The van der Waals surface area contributed by atoms with Crippen LogP contribution in [-0.2, 0) is 30.2 Å². The van der Waals surface area contributed by atoms with E-state index in [0.717, 1.165) is 43.0 Å². The molecule has 0 bridgehead atoms. The van der Waals surface area contributed by atoms with Crippen LogP contribution in [0.25, 0.3) is 11.2 Å². The van der Waals surface area contributed by atoms with Crippen LogP contribution in [0.1, 0.15) is 0 Å². The van der Waals surface area contributed by atoms with Crippen LogP contribution >= 0.6 is 0 Å². The number of hydrogen-bond donors (Lipinski definition) is 2. The fourth-order valence-corrected chi connectivity index (χ4v) is 3.97. The Morgan fingerprint density at radius 3 is 2.08 bits per heavy atom. The Balaban J connectivity index is 0.000000436. The van der Waals surface area contributed by atoms with E-state index in [1.165, 1.54) is 23.7 Å². The Morgan fingerprint density at radius 2 is 1.55 bits per heavy atom. The van der Waals surface area contributed by atoms with Crippen molar-refractivity contribution in [3.8, 4) is 0 Å². The molecule has 202 valence electrons. The van der Waals surface area contributed by atoms with Gasteiger partial charge in [-0.05, 0) is 12.1 Å². The zero-order chi connectivity index (χ0) is 28.0. The highest BCUT2D eigenvalue weighted by molar-refractivity contribution is 5.89. The van der Waals surface area contributed by atoms with Crippen LogP contribution in [0.2, 0.25) is 0 Å². The van der Waals surface area contributed by atoms with Crippen LogP contribution in [-0.4, -0.2) is 83.4 Å². The van der Waals surface area contributed by atoms with Gasteiger partial charge >= 0.3 is 17.6 Å². The first-order valence-corrected chi connectivity index (χ1v) is 11.5. The molecule has 1 fully saturated rings. The number of carboxylic acid groups (broad SMARTS) is 2. The number of aryl methyl sites for hydroxylation is 1. The van der Waals surface area contributed by atoms with Crippen molar-refractivity contribution < 1.29 is 24.7 Å². The van der Waals surface area contributed by atoms with E-state index in [1.807, 2.05) is 0 Å². The fourth-order valence-electron chi connectivity index (χ4n) is 3.97. The molecule has 0 amide bonds. The number of non-ortho nitro benzene ring substituents is 1. The second-order valence-corrected chi connectivity index (χ2v) is 8.43. The van der Waals surface area contributed by atoms with Crippen molar-refractivity contribution in [3.63, 3.8) is 0 Å². The number of piperazine rings is 1. The van der Waals surface area contributed by atoms with Gasteiger partial charge in [0.1, 0.15) is 0 Å². The molecule has 1 saturated heterocycles. The Labute approximate surface area is 215 Å². The van der Waals surface area contributed by atoms with E-state index >= 15 is 0 Å². The summed E-state index contributed by atoms with van der Waals surface area (Å²) in [5.74, 6) is -2.51. The van der Waals surface area contributed by atoms with Gasteiger partial charge in [0.05, 0.1) is 11.3 Å². The highest BCUT2D eigenvalue weighted by atomic mass is 16.6. The highest BCUT2D eigenvalue weighted by Crippen LogP contribution is 2.20. The molecule has 2 N–H and O–H groups in total. The van der Waals surface area contributed by atoms with Gasteiger partial charge in [-0.2, -0.15) is 0 Å². The first kappa shape index (κ1) is 27.8. The van der Waals surface area contributed by atoms with Crippen LogP contribution in [0.15, 0.2) is 52.3 Å². The van der Waals surface area contributed by atoms with Gasteiger partial charge in [0.25, 0.3) is 11.2 Å². The minimum Gasteiger partial charge on any atom is -0.478 e. The van der Waals surface area contributed by atoms with E-state index in [1.54, 1.807) is 30.1 Å². The summed E-state index contributed by atoms with van der Waals surface area (Å²) in [6.07, 6.45) is 2.73. The van der Waals surface area contributed by atoms with E-state index in [-0.39, 0.29) is 16.9 Å². The van der Waals surface area contributed by atoms with Crippen LogP contribution in [0, 0.1) is 10.1 Å². The number of imidazole rings is 1. The molecule has 0 radical (unpaired) electrons. The number of carboxylic acids is 2. The first-order valence-electron chi connectivity index (χ1n) is 11.5. The summed E-state index contributed by atoms with van der Waals surface area (Å²) in [5.41, 5.74) is 1.17. The van der Waals surface area contributed by atoms with Gasteiger partial charge in [-0.25, -0.2) is 19.4 Å². The number of benzene rings is 1. The summed E-state index contributed by atoms with van der Waals surface area (Å²) in [5, 5.41) is 26.4. The predicted octanol–water partition coefficient (Wildman–Crippen LogP) is -0.124. The number of hydrogen-bond acceptors (Lipinski definition) is 9. The normalized spacial score (nSPS) is 13.9. The van der Waals surface area contributed by atoms with E-state index in [4.69, 9.17) is 10.2 Å². The summed E-state index contributed by atoms with van der Waals surface area (Å²) in [6.45, 7) is 4.69. The zero-order valence-electron chi connectivity index (χ0n) is 20.8. The predicted molar refractivity (Wildman–Crippen MR) is 136 cm³/mol. The monoisotopic (exact) mass is 529 g/mol. The van der Waals surface area contributed by atoms with Gasteiger partial charge in [0.2, 0.25) is 0 Å². The quantitative estimate of drug-likeness (QED) is 0.236. The highest BCUT2D eigenvalue weighted by Gasteiger charge is 2.19. The number of anilines is 1. The molecule has 1 aliphatic rings. The third kappa shape index (κ3) is 6.50. The van der Waals surface area contributed by atoms with E-state index in [9.17, 15) is 29.3 Å². The van der Waals surface area contributed by atoms with Crippen LogP contribution in [0.4, 0.5) is 11.4 Å². The van der Waals surface area contributed by atoms with Gasteiger partial charge in [-0.3, -0.25) is 28.9 Å². The van der Waals surface area contributed by atoms with E-state index in [2.05, 4.69) is 14.8 Å². The molecule has 38 heavy (non-hydrogen) atoms. The summed E-state index contributed by atoms with van der Waals surface area (Å²) >= 11 is 0.